The summed E-state index contributed by atoms with van der Waals surface area (Å²) >= 11 is 0. The third-order valence-electron chi connectivity index (χ3n) is 0. The van der Waals surface area contributed by atoms with E-state index in [1.165, 1.54) is 0 Å². The van der Waals surface area contributed by atoms with Crippen molar-refractivity contribution < 1.29 is 41.0 Å². The van der Waals surface area contributed by atoms with Gasteiger partial charge in [0.25, 0.3) is 0 Å². The van der Waals surface area contributed by atoms with E-state index in [4.69, 9.17) is 0 Å². The molecule has 4 heavy (non-hydrogen) atoms. The molecule has 4 heteroatoms. The van der Waals surface area contributed by atoms with Crippen molar-refractivity contribution in [2.45, 2.75) is 0 Å². The minimum absolute atomic E-state index is 0. The summed E-state index contributed by atoms with van der Waals surface area (Å²) in [7, 11) is 0. The zero-order valence-electron chi connectivity index (χ0n) is 1.86. The maximum atomic E-state index is 0. The molecule has 0 N–H and O–H groups in total. The molecule has 0 aromatic carbocycles. The zero-order valence-corrected chi connectivity index (χ0v) is 8.19. The third-order valence-corrected chi connectivity index (χ3v) is 0. The Morgan fingerprint density at radius 1 is 1.00 bits per heavy atom. The molecule has 0 bridgehead atoms. The Morgan fingerprint density at radius 3 is 1.00 bits per heavy atom. The van der Waals surface area contributed by atoms with E-state index in [9.17, 15) is 0 Å². The van der Waals surface area contributed by atoms with Crippen LogP contribution in [0.5, 0.6) is 0 Å². The minimum Gasteiger partial charge on any atom is -0.197 e. The molecule has 0 unspecified atom stereocenters. The van der Waals surface area contributed by atoms with Crippen molar-refractivity contribution in [3.05, 3.63) is 0 Å². The van der Waals surface area contributed by atoms with E-state index in [2.05, 4.69) is 0 Å². The second-order valence-electron chi connectivity index (χ2n) is 0. The van der Waals surface area contributed by atoms with Gasteiger partial charge >= 0.3 is 0 Å². The molecule has 0 atom stereocenters. The summed E-state index contributed by atoms with van der Waals surface area (Å²) in [6, 6.07) is 0. The standard InChI is InChI=1S/2H2S.V.W.H2/h2*1H2;;;1H/i;;;;1+2. The fourth-order valence-corrected chi connectivity index (χ4v) is 0. The largest absolute Gasteiger partial charge is 0.197 e. The van der Waals surface area contributed by atoms with E-state index in [1.54, 1.807) is 0 Å². The normalized spacial score (nSPS) is 0. The van der Waals surface area contributed by atoms with Gasteiger partial charge in [0.15, 0.2) is 0 Å². The van der Waals surface area contributed by atoms with Crippen LogP contribution in [0.1, 0.15) is 1.43 Å². The van der Waals surface area contributed by atoms with Gasteiger partial charge in [-0.3, -0.25) is 0 Å². The predicted molar refractivity (Wildman–Crippen MR) is 22.9 cm³/mol. The van der Waals surface area contributed by atoms with Gasteiger partial charge in [-0.2, -0.15) is 27.0 Å². The Labute approximate surface area is 67.6 Å². The fraction of sp³-hybridized carbons (Fsp3) is 0. The van der Waals surface area contributed by atoms with Crippen LogP contribution in [-0.2, 0) is 39.6 Å². The van der Waals surface area contributed by atoms with Crippen LogP contribution in [0.15, 0.2) is 0 Å². The minimum atomic E-state index is 0. The van der Waals surface area contributed by atoms with E-state index >= 15 is 0 Å². The van der Waals surface area contributed by atoms with Gasteiger partial charge in [-0.15, -0.1) is 0 Å². The van der Waals surface area contributed by atoms with Crippen LogP contribution < -0.4 is 0 Å². The van der Waals surface area contributed by atoms with Gasteiger partial charge in [0.1, 0.15) is 0 Å². The Hall–Kier alpha value is 1.97. The predicted octanol–water partition coefficient (Wildman–Crippen LogP) is 0.467. The van der Waals surface area contributed by atoms with Gasteiger partial charge in [-0.05, 0) is 0 Å². The van der Waals surface area contributed by atoms with Gasteiger partial charge in [-0.25, -0.2) is 0 Å². The van der Waals surface area contributed by atoms with Crippen molar-refractivity contribution in [3.8, 4) is 0 Å². The van der Waals surface area contributed by atoms with Crippen molar-refractivity contribution >= 4 is 27.0 Å². The van der Waals surface area contributed by atoms with Crippen molar-refractivity contribution in [1.82, 2.24) is 0 Å². The van der Waals surface area contributed by atoms with Crippen LogP contribution in [0.3, 0.4) is 0 Å². The Balaban J connectivity index is 0. The topological polar surface area (TPSA) is 0 Å². The maximum absolute atomic E-state index is 0. The van der Waals surface area contributed by atoms with Crippen molar-refractivity contribution in [3.63, 3.8) is 0 Å². The average Bonchev–Trinajstić information content (AvgIpc) is 0. The molecule has 0 aromatic rings. The second-order valence-corrected chi connectivity index (χ2v) is 0. The summed E-state index contributed by atoms with van der Waals surface area (Å²) in [5, 5.41) is 0. The molecule has 0 amide bonds. The van der Waals surface area contributed by atoms with Crippen LogP contribution in [-0.4, -0.2) is 0 Å². The summed E-state index contributed by atoms with van der Waals surface area (Å²) in [4.78, 5) is 0. The summed E-state index contributed by atoms with van der Waals surface area (Å²) in [5.74, 6) is 0. The first kappa shape index (κ1) is 38.0. The first-order chi connectivity index (χ1) is 0. The molecule has 0 heterocycles. The van der Waals surface area contributed by atoms with Crippen molar-refractivity contribution in [2.24, 2.45) is 0 Å². The summed E-state index contributed by atoms with van der Waals surface area (Å²) < 4.78 is 0. The van der Waals surface area contributed by atoms with Crippen molar-refractivity contribution in [2.75, 3.05) is 0 Å². The van der Waals surface area contributed by atoms with Gasteiger partial charge in [-0.1, -0.05) is 0 Å². The van der Waals surface area contributed by atoms with Crippen molar-refractivity contribution in [1.29, 1.82) is 0 Å². The Bertz CT molecular complexity index is 9.61. The number of rotatable bonds is 0. The first-order valence-corrected chi connectivity index (χ1v) is 0. The van der Waals surface area contributed by atoms with E-state index in [-0.39, 0.29) is 68.0 Å². The Morgan fingerprint density at radius 2 is 1.00 bits per heavy atom. The van der Waals surface area contributed by atoms with Gasteiger partial charge in [0, 0.05) is 41.0 Å². The molecule has 0 spiro atoms. The summed E-state index contributed by atoms with van der Waals surface area (Å²) in [5.41, 5.74) is 0. The maximum Gasteiger partial charge on any atom is 0 e. The van der Waals surface area contributed by atoms with E-state index in [0.29, 0.717) is 0 Å². The van der Waals surface area contributed by atoms with Crippen LogP contribution in [0, 0.1) is 0 Å². The smallest absolute Gasteiger partial charge is 0 e. The molecule has 0 saturated heterocycles. The van der Waals surface area contributed by atoms with Gasteiger partial charge < -0.3 is 0 Å². The van der Waals surface area contributed by atoms with E-state index in [0.717, 1.165) is 0 Å². The summed E-state index contributed by atoms with van der Waals surface area (Å²) in [6.07, 6.45) is 0. The van der Waals surface area contributed by atoms with Crippen LogP contribution in [0.4, 0.5) is 0 Å². The Kier molecular flexibility index (Phi) is 191. The van der Waals surface area contributed by atoms with Crippen LogP contribution in [0.25, 0.3) is 0 Å². The van der Waals surface area contributed by atoms with Gasteiger partial charge in [0.2, 0.25) is 0 Å². The molecule has 0 rings (SSSR count). The van der Waals surface area contributed by atoms with Crippen LogP contribution >= 0.6 is 27.0 Å². The number of hydrogen-bond donors (Lipinski definition) is 0. The molecular formula is H6S2VW. The SMILES string of the molecule is S.S.[3HH].[V].[W]. The molecule has 0 fully saturated rings. The fourth-order valence-electron chi connectivity index (χ4n) is 0. The molecule has 0 aliphatic carbocycles. The third kappa shape index (κ3) is 9.02. The molecule has 1 radical (unpaired) electrons. The quantitative estimate of drug-likeness (QED) is 0.610. The molecule has 29 valence electrons. The molecular weight excluding hydrogens is 299 g/mol. The number of hydrogen-bond acceptors (Lipinski definition) is 0. The van der Waals surface area contributed by atoms with E-state index in [1.807, 2.05) is 0 Å². The average molecular weight is 307 g/mol. The van der Waals surface area contributed by atoms with Crippen LogP contribution in [0.2, 0.25) is 0 Å². The molecule has 0 aliphatic heterocycles. The monoisotopic (exact) mass is 307 g/mol. The first-order valence-electron chi connectivity index (χ1n) is 0. The summed E-state index contributed by atoms with van der Waals surface area (Å²) in [6.45, 7) is 0. The molecule has 0 saturated carbocycles. The van der Waals surface area contributed by atoms with Gasteiger partial charge in [0.05, 0.1) is 0 Å². The molecule has 0 aromatic heterocycles. The zero-order chi connectivity index (χ0) is 0. The molecule has 0 aliphatic rings. The molecule has 0 nitrogen and oxygen atoms in total. The second kappa shape index (κ2) is 20.2. The van der Waals surface area contributed by atoms with E-state index < -0.39 is 0 Å².